The molecule has 0 aromatic heterocycles. The molecule has 0 nitrogen and oxygen atoms in total. The predicted molar refractivity (Wildman–Crippen MR) is 121 cm³/mol. The maximum absolute atomic E-state index is 2.54. The van der Waals surface area contributed by atoms with Crippen molar-refractivity contribution in [3.05, 3.63) is 64.7 Å². The van der Waals surface area contributed by atoms with Crippen LogP contribution in [-0.4, -0.2) is 0 Å². The van der Waals surface area contributed by atoms with Crippen LogP contribution >= 0.6 is 0 Å². The average Bonchev–Trinajstić information content (AvgIpc) is 3.18. The number of rotatable bonds is 4. The van der Waals surface area contributed by atoms with E-state index in [0.717, 1.165) is 11.8 Å². The molecule has 0 radical (unpaired) electrons. The number of fused-ring (bicyclic) bond motifs is 1. The molecule has 2 aromatic rings. The van der Waals surface area contributed by atoms with Gasteiger partial charge in [0.2, 0.25) is 0 Å². The van der Waals surface area contributed by atoms with E-state index in [1.807, 2.05) is 0 Å². The van der Waals surface area contributed by atoms with Crippen LogP contribution < -0.4 is 0 Å². The van der Waals surface area contributed by atoms with Crippen LogP contribution in [0, 0.1) is 5.92 Å². The quantitative estimate of drug-likeness (QED) is 0.507. The van der Waals surface area contributed by atoms with Crippen LogP contribution in [0.3, 0.4) is 0 Å². The molecule has 5 rings (SSSR count). The molecule has 0 spiro atoms. The zero-order valence-electron chi connectivity index (χ0n) is 17.3. The summed E-state index contributed by atoms with van der Waals surface area (Å²) in [5.74, 6) is 1.74. The molecule has 0 heteroatoms. The molecule has 0 N–H and O–H groups in total. The van der Waals surface area contributed by atoms with Crippen LogP contribution in [-0.2, 0) is 6.42 Å². The molecular weight excluding hydrogens is 336 g/mol. The molecule has 0 bridgehead atoms. The minimum absolute atomic E-state index is 0.797. The lowest BCUT2D eigenvalue weighted by atomic mass is 9.83. The Labute approximate surface area is 171 Å². The Morgan fingerprint density at radius 1 is 0.714 bits per heavy atom. The Kier molecular flexibility index (Phi) is 5.39. The second-order valence-corrected chi connectivity index (χ2v) is 9.52. The Morgan fingerprint density at radius 3 is 2.18 bits per heavy atom. The molecule has 28 heavy (non-hydrogen) atoms. The van der Waals surface area contributed by atoms with Crippen molar-refractivity contribution in [1.29, 1.82) is 0 Å². The van der Waals surface area contributed by atoms with Crippen molar-refractivity contribution in [2.24, 2.45) is 5.92 Å². The Bertz CT molecular complexity index is 827. The summed E-state index contributed by atoms with van der Waals surface area (Å²) >= 11 is 0. The molecule has 2 fully saturated rings. The summed E-state index contributed by atoms with van der Waals surface area (Å²) in [6.45, 7) is 0. The third-order valence-electron chi connectivity index (χ3n) is 7.54. The van der Waals surface area contributed by atoms with Gasteiger partial charge in [0.15, 0.2) is 0 Å². The monoisotopic (exact) mass is 370 g/mol. The Hall–Kier alpha value is -1.82. The standard InChI is InChI=1S/C28H34/c1-3-8-21(9-4-1)18-22-19-26-12-7-13-27(28(26)20-22)25-16-14-24(15-17-25)23-10-5-2-6-11-23/h7,12-17,20-21,23H,1-6,8-11,18-19H2. The molecule has 0 saturated heterocycles. The molecule has 0 heterocycles. The van der Waals surface area contributed by atoms with E-state index in [1.165, 1.54) is 93.7 Å². The van der Waals surface area contributed by atoms with Crippen molar-refractivity contribution >= 4 is 6.08 Å². The Morgan fingerprint density at radius 2 is 1.43 bits per heavy atom. The second-order valence-electron chi connectivity index (χ2n) is 9.52. The summed E-state index contributed by atoms with van der Waals surface area (Å²) < 4.78 is 0. The summed E-state index contributed by atoms with van der Waals surface area (Å²) in [4.78, 5) is 0. The van der Waals surface area contributed by atoms with E-state index in [-0.39, 0.29) is 0 Å². The van der Waals surface area contributed by atoms with Crippen LogP contribution in [0.15, 0.2) is 48.0 Å². The van der Waals surface area contributed by atoms with E-state index in [2.05, 4.69) is 48.5 Å². The van der Waals surface area contributed by atoms with Crippen molar-refractivity contribution in [3.63, 3.8) is 0 Å². The highest BCUT2D eigenvalue weighted by atomic mass is 14.3. The highest BCUT2D eigenvalue weighted by Crippen LogP contribution is 2.39. The van der Waals surface area contributed by atoms with Gasteiger partial charge in [0.05, 0.1) is 0 Å². The Balaban J connectivity index is 1.36. The average molecular weight is 371 g/mol. The first-order chi connectivity index (χ1) is 13.9. The van der Waals surface area contributed by atoms with Crippen molar-refractivity contribution in [3.8, 4) is 11.1 Å². The molecule has 0 unspecified atom stereocenters. The SMILES string of the molecule is C1=C(CC2CCCCC2)Cc2cccc(-c3ccc(C4CCCCC4)cc3)c21. The van der Waals surface area contributed by atoms with Gasteiger partial charge < -0.3 is 0 Å². The van der Waals surface area contributed by atoms with Crippen LogP contribution in [0.4, 0.5) is 0 Å². The zero-order chi connectivity index (χ0) is 18.8. The maximum Gasteiger partial charge on any atom is -0.00575 e. The van der Waals surface area contributed by atoms with Crippen molar-refractivity contribution in [2.45, 2.75) is 83.0 Å². The highest BCUT2D eigenvalue weighted by Gasteiger charge is 2.21. The second kappa shape index (κ2) is 8.27. The van der Waals surface area contributed by atoms with E-state index in [4.69, 9.17) is 0 Å². The summed E-state index contributed by atoms with van der Waals surface area (Å²) in [6, 6.07) is 16.5. The van der Waals surface area contributed by atoms with Gasteiger partial charge >= 0.3 is 0 Å². The van der Waals surface area contributed by atoms with Crippen LogP contribution in [0.5, 0.6) is 0 Å². The molecule has 3 aliphatic carbocycles. The zero-order valence-corrected chi connectivity index (χ0v) is 17.3. The molecule has 0 atom stereocenters. The first kappa shape index (κ1) is 18.2. The van der Waals surface area contributed by atoms with E-state index in [0.29, 0.717) is 0 Å². The van der Waals surface area contributed by atoms with E-state index in [1.54, 1.807) is 16.7 Å². The first-order valence-electron chi connectivity index (χ1n) is 11.8. The number of hydrogen-bond donors (Lipinski definition) is 0. The fourth-order valence-electron chi connectivity index (χ4n) is 5.95. The van der Waals surface area contributed by atoms with Crippen LogP contribution in [0.2, 0.25) is 0 Å². The molecule has 2 aromatic carbocycles. The van der Waals surface area contributed by atoms with Gasteiger partial charge in [-0.1, -0.05) is 105 Å². The minimum atomic E-state index is 0.797. The van der Waals surface area contributed by atoms with Gasteiger partial charge in [0, 0.05) is 0 Å². The first-order valence-corrected chi connectivity index (χ1v) is 11.8. The van der Waals surface area contributed by atoms with Crippen molar-refractivity contribution in [2.75, 3.05) is 0 Å². The van der Waals surface area contributed by atoms with Gasteiger partial charge in [0.1, 0.15) is 0 Å². The predicted octanol–water partition coefficient (Wildman–Crippen LogP) is 8.31. The number of benzene rings is 2. The van der Waals surface area contributed by atoms with Gasteiger partial charge in [0.25, 0.3) is 0 Å². The third-order valence-corrected chi connectivity index (χ3v) is 7.54. The lowest BCUT2D eigenvalue weighted by molar-refractivity contribution is 0.355. The van der Waals surface area contributed by atoms with E-state index in [9.17, 15) is 0 Å². The molecule has 146 valence electrons. The minimum Gasteiger partial charge on any atom is -0.0649 e. The molecule has 2 saturated carbocycles. The van der Waals surface area contributed by atoms with Gasteiger partial charge in [-0.3, -0.25) is 0 Å². The summed E-state index contributed by atoms with van der Waals surface area (Å²) in [5, 5.41) is 0. The lowest BCUT2D eigenvalue weighted by Gasteiger charge is -2.22. The highest BCUT2D eigenvalue weighted by molar-refractivity contribution is 5.80. The fraction of sp³-hybridized carbons (Fsp3) is 0.500. The van der Waals surface area contributed by atoms with Crippen molar-refractivity contribution in [1.82, 2.24) is 0 Å². The topological polar surface area (TPSA) is 0 Å². The molecule has 0 amide bonds. The lowest BCUT2D eigenvalue weighted by Crippen LogP contribution is -2.07. The van der Waals surface area contributed by atoms with Gasteiger partial charge in [-0.2, -0.15) is 0 Å². The molecule has 3 aliphatic rings. The molecule has 0 aliphatic heterocycles. The molecular formula is C28H34. The summed E-state index contributed by atoms with van der Waals surface area (Å²) in [7, 11) is 0. The normalized spacial score (nSPS) is 20.8. The van der Waals surface area contributed by atoms with E-state index >= 15 is 0 Å². The summed E-state index contributed by atoms with van der Waals surface area (Å²) in [5.41, 5.74) is 9.11. The largest absolute Gasteiger partial charge is 0.0649 e. The van der Waals surface area contributed by atoms with E-state index < -0.39 is 0 Å². The maximum atomic E-state index is 2.54. The summed E-state index contributed by atoms with van der Waals surface area (Å²) in [6.07, 6.45) is 19.3. The number of allylic oxidation sites excluding steroid dienone is 1. The van der Waals surface area contributed by atoms with Crippen LogP contribution in [0.1, 0.15) is 93.2 Å². The van der Waals surface area contributed by atoms with Gasteiger partial charge in [-0.25, -0.2) is 0 Å². The smallest absolute Gasteiger partial charge is 0.00575 e. The van der Waals surface area contributed by atoms with Crippen molar-refractivity contribution < 1.29 is 0 Å². The van der Waals surface area contributed by atoms with Crippen LogP contribution in [0.25, 0.3) is 17.2 Å². The number of hydrogen-bond acceptors (Lipinski definition) is 0. The fourth-order valence-corrected chi connectivity index (χ4v) is 5.95. The van der Waals surface area contributed by atoms with Gasteiger partial charge in [-0.05, 0) is 65.3 Å². The van der Waals surface area contributed by atoms with Gasteiger partial charge in [-0.15, -0.1) is 0 Å². The third kappa shape index (κ3) is 3.84.